The molecule has 1 spiro atoms. The van der Waals surface area contributed by atoms with E-state index < -0.39 is 17.2 Å². The third-order valence-electron chi connectivity index (χ3n) is 7.14. The number of carbonyl (C=O) groups is 1. The molecule has 7 atom stereocenters. The van der Waals surface area contributed by atoms with E-state index in [9.17, 15) is 9.90 Å². The Balaban J connectivity index is 1.52. The van der Waals surface area contributed by atoms with Gasteiger partial charge in [-0.2, -0.15) is 0 Å². The highest BCUT2D eigenvalue weighted by molar-refractivity contribution is 5.82. The summed E-state index contributed by atoms with van der Waals surface area (Å²) in [6.45, 7) is 10.4. The van der Waals surface area contributed by atoms with Crippen molar-refractivity contribution in [1.29, 1.82) is 0 Å². The topological polar surface area (TPSA) is 81.8 Å². The van der Waals surface area contributed by atoms with Gasteiger partial charge in [-0.1, -0.05) is 73.6 Å². The molecule has 1 saturated carbocycles. The lowest BCUT2D eigenvalue weighted by atomic mass is 9.87. The Morgan fingerprint density at radius 1 is 1.35 bits per heavy atom. The lowest BCUT2D eigenvalue weighted by molar-refractivity contribution is -0.141. The SMILES string of the molecule is C/C=C/[C@@H]1O[C@]2(C[C@@H](O)[C@@H]1C)C[C@]2(N)/C=C/C=C(\C)C[C@@H](C)/C=C(C)\C=C\[C@H]1CC=CC(=O)O1. The molecule has 186 valence electrons. The van der Waals surface area contributed by atoms with Crippen LogP contribution in [0.3, 0.4) is 0 Å². The van der Waals surface area contributed by atoms with E-state index in [0.29, 0.717) is 12.3 Å². The lowest BCUT2D eigenvalue weighted by Gasteiger charge is -2.39. The summed E-state index contributed by atoms with van der Waals surface area (Å²) in [6.07, 6.45) is 22.0. The van der Waals surface area contributed by atoms with Crippen LogP contribution in [0.15, 0.2) is 71.9 Å². The number of rotatable bonds is 8. The van der Waals surface area contributed by atoms with Crippen molar-refractivity contribution in [3.05, 3.63) is 71.9 Å². The molecule has 3 rings (SSSR count). The molecule has 34 heavy (non-hydrogen) atoms. The van der Waals surface area contributed by atoms with Crippen LogP contribution in [-0.4, -0.2) is 40.5 Å². The zero-order chi connectivity index (χ0) is 24.9. The second-order valence-electron chi connectivity index (χ2n) is 10.4. The van der Waals surface area contributed by atoms with Crippen LogP contribution in [0, 0.1) is 11.8 Å². The summed E-state index contributed by atoms with van der Waals surface area (Å²) >= 11 is 0. The standard InChI is InChI=1S/C29H41NO4/c1-6-9-26-23(5)25(31)18-29(34-26)19-28(29,30)15-8-10-20(2)16-22(4)17-21(3)13-14-24-11-7-12-27(32)33-24/h6-10,12-15,17,22-26,31H,11,16,18-19,30H2,1-5H3/b9-6+,14-13+,15-8+,20-10+,21-17-/t22-,23+,24-,25-,26+,28-,29-/m1/s1. The molecule has 0 aromatic carbocycles. The summed E-state index contributed by atoms with van der Waals surface area (Å²) in [5, 5.41) is 10.6. The average Bonchev–Trinajstić information content (AvgIpc) is 3.31. The third-order valence-corrected chi connectivity index (χ3v) is 7.14. The van der Waals surface area contributed by atoms with Gasteiger partial charge in [-0.15, -0.1) is 0 Å². The summed E-state index contributed by atoms with van der Waals surface area (Å²) in [4.78, 5) is 11.3. The quantitative estimate of drug-likeness (QED) is 0.295. The molecule has 2 heterocycles. The lowest BCUT2D eigenvalue weighted by Crippen LogP contribution is -2.48. The highest BCUT2D eigenvalue weighted by atomic mass is 16.5. The first-order valence-electron chi connectivity index (χ1n) is 12.4. The van der Waals surface area contributed by atoms with Gasteiger partial charge in [0.25, 0.3) is 0 Å². The Morgan fingerprint density at radius 2 is 2.12 bits per heavy atom. The maximum Gasteiger partial charge on any atom is 0.331 e. The van der Waals surface area contributed by atoms with Crippen molar-refractivity contribution in [2.24, 2.45) is 17.6 Å². The van der Waals surface area contributed by atoms with Crippen LogP contribution in [0.2, 0.25) is 0 Å². The molecule has 3 aliphatic rings. The Morgan fingerprint density at radius 3 is 2.82 bits per heavy atom. The maximum atomic E-state index is 11.3. The normalized spacial score (nSPS) is 37.8. The van der Waals surface area contributed by atoms with Gasteiger partial charge in [0, 0.05) is 31.3 Å². The van der Waals surface area contributed by atoms with Gasteiger partial charge in [0.1, 0.15) is 6.10 Å². The van der Waals surface area contributed by atoms with Crippen LogP contribution in [0.5, 0.6) is 0 Å². The van der Waals surface area contributed by atoms with E-state index in [2.05, 4.69) is 32.9 Å². The predicted molar refractivity (Wildman–Crippen MR) is 137 cm³/mol. The van der Waals surface area contributed by atoms with Crippen LogP contribution in [0.25, 0.3) is 0 Å². The fourth-order valence-electron chi connectivity index (χ4n) is 5.05. The maximum absolute atomic E-state index is 11.3. The number of hydrogen-bond acceptors (Lipinski definition) is 5. The van der Waals surface area contributed by atoms with Crippen molar-refractivity contribution >= 4 is 5.97 Å². The van der Waals surface area contributed by atoms with Gasteiger partial charge < -0.3 is 20.3 Å². The minimum atomic E-state index is -0.532. The van der Waals surface area contributed by atoms with E-state index >= 15 is 0 Å². The van der Waals surface area contributed by atoms with Crippen molar-refractivity contribution in [1.82, 2.24) is 0 Å². The number of esters is 1. The van der Waals surface area contributed by atoms with E-state index in [4.69, 9.17) is 15.2 Å². The van der Waals surface area contributed by atoms with E-state index in [0.717, 1.165) is 24.8 Å². The number of cyclic esters (lactones) is 1. The molecule has 5 nitrogen and oxygen atoms in total. The average molecular weight is 468 g/mol. The minimum absolute atomic E-state index is 0.0696. The van der Waals surface area contributed by atoms with Crippen LogP contribution in [0.1, 0.15) is 60.3 Å². The van der Waals surface area contributed by atoms with E-state index in [-0.39, 0.29) is 24.1 Å². The Bertz CT molecular complexity index is 926. The Hall–Kier alpha value is -2.21. The molecule has 0 radical (unpaired) electrons. The number of nitrogens with two attached hydrogens (primary N) is 1. The first-order valence-corrected chi connectivity index (χ1v) is 12.4. The number of aliphatic hydroxyl groups excluding tert-OH is 1. The molecular weight excluding hydrogens is 426 g/mol. The van der Waals surface area contributed by atoms with Crippen LogP contribution in [0.4, 0.5) is 0 Å². The molecule has 2 aliphatic heterocycles. The number of ether oxygens (including phenoxy) is 2. The molecule has 0 aromatic rings. The molecule has 5 heteroatoms. The van der Waals surface area contributed by atoms with Gasteiger partial charge in [0.05, 0.1) is 23.3 Å². The first-order chi connectivity index (χ1) is 16.1. The Kier molecular flexibility index (Phi) is 8.56. The summed E-state index contributed by atoms with van der Waals surface area (Å²) < 4.78 is 11.6. The number of aliphatic hydroxyl groups is 1. The van der Waals surface area contributed by atoms with Crippen LogP contribution < -0.4 is 5.73 Å². The summed E-state index contributed by atoms with van der Waals surface area (Å²) in [7, 11) is 0. The third kappa shape index (κ3) is 6.47. The van der Waals surface area contributed by atoms with Crippen molar-refractivity contribution < 1.29 is 19.4 Å². The largest absolute Gasteiger partial charge is 0.455 e. The fourth-order valence-corrected chi connectivity index (χ4v) is 5.05. The van der Waals surface area contributed by atoms with E-state index in [1.54, 1.807) is 0 Å². The van der Waals surface area contributed by atoms with Gasteiger partial charge in [0.15, 0.2) is 0 Å². The van der Waals surface area contributed by atoms with Gasteiger partial charge >= 0.3 is 5.97 Å². The van der Waals surface area contributed by atoms with E-state index in [1.165, 1.54) is 11.6 Å². The summed E-state index contributed by atoms with van der Waals surface area (Å²) in [6, 6.07) is 0. The van der Waals surface area contributed by atoms with Crippen molar-refractivity contribution in [3.8, 4) is 0 Å². The second kappa shape index (κ2) is 11.0. The first kappa shape index (κ1) is 26.4. The van der Waals surface area contributed by atoms with Crippen molar-refractivity contribution in [2.75, 3.05) is 0 Å². The fraction of sp³-hybridized carbons (Fsp3) is 0.552. The van der Waals surface area contributed by atoms with Gasteiger partial charge in [-0.3, -0.25) is 0 Å². The molecule has 0 unspecified atom stereocenters. The number of hydrogen-bond donors (Lipinski definition) is 2. The number of allylic oxidation sites excluding steroid dienone is 7. The smallest absolute Gasteiger partial charge is 0.331 e. The van der Waals surface area contributed by atoms with Gasteiger partial charge in [-0.05, 0) is 39.2 Å². The van der Waals surface area contributed by atoms with Gasteiger partial charge in [-0.25, -0.2) is 4.79 Å². The predicted octanol–water partition coefficient (Wildman–Crippen LogP) is 5.09. The second-order valence-corrected chi connectivity index (χ2v) is 10.4. The highest BCUT2D eigenvalue weighted by Crippen LogP contribution is 2.57. The molecule has 0 amide bonds. The van der Waals surface area contributed by atoms with Crippen molar-refractivity contribution in [3.63, 3.8) is 0 Å². The minimum Gasteiger partial charge on any atom is -0.455 e. The molecule has 3 N–H and O–H groups in total. The summed E-state index contributed by atoms with van der Waals surface area (Å²) in [5.74, 6) is 0.168. The molecule has 2 fully saturated rings. The van der Waals surface area contributed by atoms with Crippen LogP contribution in [-0.2, 0) is 14.3 Å². The Labute approximate surface area is 204 Å². The van der Waals surface area contributed by atoms with Gasteiger partial charge in [0.2, 0.25) is 0 Å². The molecule has 1 saturated heterocycles. The zero-order valence-corrected chi connectivity index (χ0v) is 21.2. The molecule has 0 aromatic heterocycles. The highest BCUT2D eigenvalue weighted by Gasteiger charge is 2.68. The zero-order valence-electron chi connectivity index (χ0n) is 21.2. The number of carbonyl (C=O) groups excluding carboxylic acids is 1. The molecule has 0 bridgehead atoms. The van der Waals surface area contributed by atoms with Crippen molar-refractivity contribution in [2.45, 2.75) is 89.8 Å². The van der Waals surface area contributed by atoms with E-state index in [1.807, 2.05) is 56.4 Å². The monoisotopic (exact) mass is 467 g/mol. The molecular formula is C29H41NO4. The van der Waals surface area contributed by atoms with Crippen LogP contribution >= 0.6 is 0 Å². The summed E-state index contributed by atoms with van der Waals surface area (Å²) in [5.41, 5.74) is 8.07. The molecule has 1 aliphatic carbocycles.